The Kier molecular flexibility index (Phi) is 2.29. The average molecular weight is 208 g/mol. The van der Waals surface area contributed by atoms with Crippen molar-refractivity contribution in [1.82, 2.24) is 9.78 Å². The zero-order chi connectivity index (χ0) is 10.1. The van der Waals surface area contributed by atoms with Crippen molar-refractivity contribution >= 4 is 12.6 Å². The summed E-state index contributed by atoms with van der Waals surface area (Å²) in [7, 11) is 0. The molecule has 0 aliphatic rings. The summed E-state index contributed by atoms with van der Waals surface area (Å²) in [5.41, 5.74) is 1.72. The number of benzene rings is 1. The zero-order valence-corrected chi connectivity index (χ0v) is 8.50. The van der Waals surface area contributed by atoms with Gasteiger partial charge in [0.25, 0.3) is 0 Å². The lowest BCUT2D eigenvalue weighted by Crippen LogP contribution is -1.97. The van der Waals surface area contributed by atoms with E-state index in [2.05, 4.69) is 17.7 Å². The highest BCUT2D eigenvalue weighted by molar-refractivity contribution is 7.80. The Balaban J connectivity index is 2.55. The molecule has 0 aliphatic heterocycles. The minimum atomic E-state index is -0.262. The summed E-state index contributed by atoms with van der Waals surface area (Å²) in [4.78, 5) is 0.758. The van der Waals surface area contributed by atoms with Gasteiger partial charge in [-0.25, -0.2) is 9.07 Å². The molecule has 0 amide bonds. The molecule has 72 valence electrons. The van der Waals surface area contributed by atoms with Gasteiger partial charge in [-0.05, 0) is 24.6 Å². The summed E-state index contributed by atoms with van der Waals surface area (Å²) in [6, 6.07) is 4.62. The number of hydrogen-bond donors (Lipinski definition) is 1. The van der Waals surface area contributed by atoms with E-state index in [9.17, 15) is 4.39 Å². The lowest BCUT2D eigenvalue weighted by molar-refractivity contribution is 0.624. The van der Waals surface area contributed by atoms with E-state index >= 15 is 0 Å². The first-order valence-electron chi connectivity index (χ1n) is 4.17. The van der Waals surface area contributed by atoms with Crippen molar-refractivity contribution in [2.24, 2.45) is 0 Å². The van der Waals surface area contributed by atoms with Gasteiger partial charge in [-0.2, -0.15) is 5.10 Å². The predicted octanol–water partition coefficient (Wildman–Crippen LogP) is 2.61. The Bertz CT molecular complexity index is 465. The summed E-state index contributed by atoms with van der Waals surface area (Å²) < 4.78 is 14.6. The minimum absolute atomic E-state index is 0.262. The van der Waals surface area contributed by atoms with Crippen molar-refractivity contribution in [2.45, 2.75) is 11.8 Å². The third-order valence-corrected chi connectivity index (χ3v) is 2.22. The number of aryl methyl sites for hydroxylation is 1. The van der Waals surface area contributed by atoms with E-state index in [0.717, 1.165) is 16.1 Å². The third kappa shape index (κ3) is 1.65. The largest absolute Gasteiger partial charge is 0.239 e. The zero-order valence-electron chi connectivity index (χ0n) is 7.61. The van der Waals surface area contributed by atoms with Gasteiger partial charge in [-0.1, -0.05) is 6.07 Å². The van der Waals surface area contributed by atoms with Crippen LogP contribution in [0.25, 0.3) is 5.69 Å². The van der Waals surface area contributed by atoms with Crippen LogP contribution in [0.5, 0.6) is 0 Å². The standard InChI is InChI=1S/C10H9FN2S/c1-7-2-3-8(11)4-10(7)13-6-9(14)5-12-13/h2-6,14H,1H3. The summed E-state index contributed by atoms with van der Waals surface area (Å²) in [6.45, 7) is 1.91. The highest BCUT2D eigenvalue weighted by Gasteiger charge is 2.03. The van der Waals surface area contributed by atoms with Gasteiger partial charge in [0.1, 0.15) is 5.82 Å². The van der Waals surface area contributed by atoms with Crippen LogP contribution in [-0.2, 0) is 0 Å². The van der Waals surface area contributed by atoms with Gasteiger partial charge < -0.3 is 0 Å². The van der Waals surface area contributed by atoms with Crippen LogP contribution >= 0.6 is 12.6 Å². The van der Waals surface area contributed by atoms with Crippen molar-refractivity contribution < 1.29 is 4.39 Å². The highest BCUT2D eigenvalue weighted by atomic mass is 32.1. The predicted molar refractivity (Wildman–Crippen MR) is 55.5 cm³/mol. The summed E-state index contributed by atoms with van der Waals surface area (Å²) in [6.07, 6.45) is 3.36. The molecule has 1 heterocycles. The Hall–Kier alpha value is -1.29. The Morgan fingerprint density at radius 1 is 1.43 bits per heavy atom. The second-order valence-corrected chi connectivity index (χ2v) is 3.59. The van der Waals surface area contributed by atoms with Gasteiger partial charge in [-0.3, -0.25) is 0 Å². The molecular formula is C10H9FN2S. The molecule has 2 aromatic rings. The van der Waals surface area contributed by atoms with E-state index in [0.29, 0.717) is 0 Å². The fraction of sp³-hybridized carbons (Fsp3) is 0.100. The van der Waals surface area contributed by atoms with Crippen LogP contribution in [0.2, 0.25) is 0 Å². The highest BCUT2D eigenvalue weighted by Crippen LogP contribution is 2.16. The maximum Gasteiger partial charge on any atom is 0.125 e. The van der Waals surface area contributed by atoms with Crippen LogP contribution in [0.4, 0.5) is 4.39 Å². The molecule has 0 saturated carbocycles. The van der Waals surface area contributed by atoms with Crippen LogP contribution in [0.1, 0.15) is 5.56 Å². The SMILES string of the molecule is Cc1ccc(F)cc1-n1cc(S)cn1. The molecule has 14 heavy (non-hydrogen) atoms. The molecule has 2 rings (SSSR count). The van der Waals surface area contributed by atoms with Gasteiger partial charge in [0, 0.05) is 11.1 Å². The van der Waals surface area contributed by atoms with E-state index in [4.69, 9.17) is 0 Å². The maximum atomic E-state index is 13.0. The average Bonchev–Trinajstić information content (AvgIpc) is 2.56. The van der Waals surface area contributed by atoms with Gasteiger partial charge in [0.05, 0.1) is 11.9 Å². The molecule has 0 atom stereocenters. The van der Waals surface area contributed by atoms with Crippen molar-refractivity contribution in [2.75, 3.05) is 0 Å². The Morgan fingerprint density at radius 2 is 2.21 bits per heavy atom. The lowest BCUT2D eigenvalue weighted by atomic mass is 10.2. The first-order chi connectivity index (χ1) is 6.66. The van der Waals surface area contributed by atoms with E-state index in [-0.39, 0.29) is 5.82 Å². The second kappa shape index (κ2) is 3.46. The van der Waals surface area contributed by atoms with Crippen LogP contribution in [-0.4, -0.2) is 9.78 Å². The number of rotatable bonds is 1. The molecule has 0 N–H and O–H groups in total. The Labute approximate surface area is 86.8 Å². The first kappa shape index (κ1) is 9.27. The lowest BCUT2D eigenvalue weighted by Gasteiger charge is -2.04. The normalized spacial score (nSPS) is 10.5. The number of nitrogens with zero attached hydrogens (tertiary/aromatic N) is 2. The Morgan fingerprint density at radius 3 is 2.86 bits per heavy atom. The fourth-order valence-corrected chi connectivity index (χ4v) is 1.44. The van der Waals surface area contributed by atoms with Crippen molar-refractivity contribution in [3.63, 3.8) is 0 Å². The quantitative estimate of drug-likeness (QED) is 0.713. The number of aromatic nitrogens is 2. The van der Waals surface area contributed by atoms with E-state index < -0.39 is 0 Å². The molecule has 1 aromatic heterocycles. The second-order valence-electron chi connectivity index (χ2n) is 3.07. The van der Waals surface area contributed by atoms with Gasteiger partial charge in [0.2, 0.25) is 0 Å². The van der Waals surface area contributed by atoms with Gasteiger partial charge in [0.15, 0.2) is 0 Å². The number of hydrogen-bond acceptors (Lipinski definition) is 2. The van der Waals surface area contributed by atoms with Crippen LogP contribution in [0.15, 0.2) is 35.5 Å². The van der Waals surface area contributed by atoms with E-state index in [1.807, 2.05) is 6.92 Å². The molecule has 0 aliphatic carbocycles. The van der Waals surface area contributed by atoms with E-state index in [1.165, 1.54) is 12.1 Å². The number of halogens is 1. The van der Waals surface area contributed by atoms with Gasteiger partial charge >= 0.3 is 0 Å². The monoisotopic (exact) mass is 208 g/mol. The van der Waals surface area contributed by atoms with Crippen molar-refractivity contribution in [3.8, 4) is 5.69 Å². The van der Waals surface area contributed by atoms with Crippen LogP contribution < -0.4 is 0 Å². The minimum Gasteiger partial charge on any atom is -0.239 e. The molecule has 4 heteroatoms. The van der Waals surface area contributed by atoms with Crippen LogP contribution in [0.3, 0.4) is 0 Å². The summed E-state index contributed by atoms with van der Waals surface area (Å²) in [5, 5.41) is 4.06. The smallest absolute Gasteiger partial charge is 0.125 e. The summed E-state index contributed by atoms with van der Waals surface area (Å²) in [5.74, 6) is -0.262. The topological polar surface area (TPSA) is 17.8 Å². The van der Waals surface area contributed by atoms with Crippen molar-refractivity contribution in [3.05, 3.63) is 42.0 Å². The molecule has 0 fully saturated rings. The third-order valence-electron chi connectivity index (χ3n) is 1.99. The molecule has 1 aromatic carbocycles. The maximum absolute atomic E-state index is 13.0. The van der Waals surface area contributed by atoms with Crippen LogP contribution in [0, 0.1) is 12.7 Å². The summed E-state index contributed by atoms with van der Waals surface area (Å²) >= 11 is 4.14. The molecule has 0 bridgehead atoms. The van der Waals surface area contributed by atoms with E-state index in [1.54, 1.807) is 23.1 Å². The molecular weight excluding hydrogens is 199 g/mol. The molecule has 0 saturated heterocycles. The van der Waals surface area contributed by atoms with Crippen molar-refractivity contribution in [1.29, 1.82) is 0 Å². The molecule has 0 unspecified atom stereocenters. The molecule has 0 radical (unpaired) electrons. The van der Waals surface area contributed by atoms with Gasteiger partial charge in [-0.15, -0.1) is 12.6 Å². The fourth-order valence-electron chi connectivity index (χ4n) is 1.27. The number of thiol groups is 1. The molecule has 2 nitrogen and oxygen atoms in total. The first-order valence-corrected chi connectivity index (χ1v) is 4.62. The molecule has 0 spiro atoms.